The number of carbonyl (C=O) groups excluding carboxylic acids is 2. The molecule has 1 aliphatic rings. The lowest BCUT2D eigenvalue weighted by molar-refractivity contribution is -0.146. The number of esters is 1. The minimum atomic E-state index is -0.128. The first kappa shape index (κ1) is 13.6. The van der Waals surface area contributed by atoms with E-state index in [0.29, 0.717) is 5.69 Å². The van der Waals surface area contributed by atoms with E-state index in [1.807, 2.05) is 13.1 Å². The lowest BCUT2D eigenvalue weighted by Gasteiger charge is -2.33. The molecule has 0 unspecified atom stereocenters. The molecular formula is C14H20N2O3. The lowest BCUT2D eigenvalue weighted by Crippen LogP contribution is -2.40. The highest BCUT2D eigenvalue weighted by atomic mass is 16.5. The van der Waals surface area contributed by atoms with Crippen molar-refractivity contribution in [2.24, 2.45) is 5.92 Å². The summed E-state index contributed by atoms with van der Waals surface area (Å²) in [6.45, 7) is 0. The Kier molecular flexibility index (Phi) is 4.24. The largest absolute Gasteiger partial charge is 0.469 e. The molecule has 0 spiro atoms. The van der Waals surface area contributed by atoms with Crippen molar-refractivity contribution < 1.29 is 14.3 Å². The summed E-state index contributed by atoms with van der Waals surface area (Å²) in [5.74, 6) is -0.126. The van der Waals surface area contributed by atoms with E-state index >= 15 is 0 Å². The first-order valence-electron chi connectivity index (χ1n) is 6.62. The van der Waals surface area contributed by atoms with E-state index in [1.165, 1.54) is 7.11 Å². The molecule has 0 radical (unpaired) electrons. The monoisotopic (exact) mass is 264 g/mol. The molecule has 1 saturated carbocycles. The van der Waals surface area contributed by atoms with Gasteiger partial charge in [-0.3, -0.25) is 9.59 Å². The van der Waals surface area contributed by atoms with Crippen molar-refractivity contribution >= 4 is 11.9 Å². The van der Waals surface area contributed by atoms with Gasteiger partial charge in [-0.2, -0.15) is 0 Å². The van der Waals surface area contributed by atoms with Crippen molar-refractivity contribution in [1.82, 2.24) is 9.88 Å². The Morgan fingerprint density at radius 3 is 2.53 bits per heavy atom. The van der Waals surface area contributed by atoms with Crippen molar-refractivity contribution in [2.75, 3.05) is 14.2 Å². The van der Waals surface area contributed by atoms with Gasteiger partial charge in [0.25, 0.3) is 5.91 Å². The molecule has 104 valence electrons. The first-order chi connectivity index (χ1) is 9.13. The van der Waals surface area contributed by atoms with Crippen LogP contribution in [0.1, 0.15) is 36.2 Å². The van der Waals surface area contributed by atoms with Gasteiger partial charge < -0.3 is 14.6 Å². The van der Waals surface area contributed by atoms with Crippen LogP contribution in [0, 0.1) is 5.92 Å². The summed E-state index contributed by atoms with van der Waals surface area (Å²) in [4.78, 5) is 28.3. The molecule has 0 aromatic carbocycles. The van der Waals surface area contributed by atoms with E-state index < -0.39 is 0 Å². The van der Waals surface area contributed by atoms with Crippen LogP contribution in [-0.2, 0) is 9.53 Å². The van der Waals surface area contributed by atoms with Gasteiger partial charge in [0.2, 0.25) is 0 Å². The smallest absolute Gasteiger partial charge is 0.308 e. The third kappa shape index (κ3) is 2.97. The van der Waals surface area contributed by atoms with Crippen LogP contribution >= 0.6 is 0 Å². The molecule has 1 N–H and O–H groups in total. The van der Waals surface area contributed by atoms with Gasteiger partial charge in [-0.25, -0.2) is 0 Å². The summed E-state index contributed by atoms with van der Waals surface area (Å²) in [6.07, 6.45) is 5.03. The van der Waals surface area contributed by atoms with Gasteiger partial charge in [-0.05, 0) is 37.8 Å². The van der Waals surface area contributed by atoms with Crippen molar-refractivity contribution in [2.45, 2.75) is 31.7 Å². The molecular weight excluding hydrogens is 244 g/mol. The lowest BCUT2D eigenvalue weighted by atomic mass is 9.85. The number of methoxy groups -OCH3 is 1. The molecule has 5 nitrogen and oxygen atoms in total. The third-order valence-corrected chi connectivity index (χ3v) is 3.93. The Morgan fingerprint density at radius 1 is 1.32 bits per heavy atom. The van der Waals surface area contributed by atoms with Crippen molar-refractivity contribution in [3.05, 3.63) is 24.0 Å². The Bertz CT molecular complexity index is 434. The van der Waals surface area contributed by atoms with Crippen LogP contribution in [0.5, 0.6) is 0 Å². The molecule has 5 heteroatoms. The zero-order valence-electron chi connectivity index (χ0n) is 11.4. The number of hydrogen-bond acceptors (Lipinski definition) is 3. The van der Waals surface area contributed by atoms with E-state index in [0.717, 1.165) is 25.7 Å². The van der Waals surface area contributed by atoms with Crippen LogP contribution in [0.2, 0.25) is 0 Å². The summed E-state index contributed by atoms with van der Waals surface area (Å²) < 4.78 is 4.77. The number of aromatic amines is 1. The number of nitrogens with one attached hydrogen (secondary N) is 1. The Labute approximate surface area is 112 Å². The molecule has 1 amide bonds. The number of carbonyl (C=O) groups is 2. The van der Waals surface area contributed by atoms with E-state index in [9.17, 15) is 9.59 Å². The van der Waals surface area contributed by atoms with E-state index in [1.54, 1.807) is 17.2 Å². The van der Waals surface area contributed by atoms with Crippen LogP contribution in [0.15, 0.2) is 18.3 Å². The molecule has 0 atom stereocenters. The highest BCUT2D eigenvalue weighted by Gasteiger charge is 2.30. The Morgan fingerprint density at radius 2 is 2.00 bits per heavy atom. The average Bonchev–Trinajstić information content (AvgIpc) is 2.99. The summed E-state index contributed by atoms with van der Waals surface area (Å²) >= 11 is 0. The fraction of sp³-hybridized carbons (Fsp3) is 0.571. The predicted octanol–water partition coefficient (Wildman–Crippen LogP) is 1.82. The molecule has 1 aromatic heterocycles. The normalized spacial score (nSPS) is 22.8. The van der Waals surface area contributed by atoms with Crippen LogP contribution in [-0.4, -0.2) is 42.0 Å². The standard InChI is InChI=1S/C14H20N2O3/c1-16(13(17)12-4-3-9-15-12)11-7-5-10(6-8-11)14(18)19-2/h3-4,9-11,15H,5-8H2,1-2H3. The van der Waals surface area contributed by atoms with Gasteiger partial charge in [0.05, 0.1) is 13.0 Å². The minimum absolute atomic E-state index is 0.00441. The molecule has 0 saturated heterocycles. The van der Waals surface area contributed by atoms with Gasteiger partial charge in [-0.1, -0.05) is 0 Å². The number of ether oxygens (including phenoxy) is 1. The highest BCUT2D eigenvalue weighted by Crippen LogP contribution is 2.28. The average molecular weight is 264 g/mol. The van der Waals surface area contributed by atoms with Crippen LogP contribution in [0.3, 0.4) is 0 Å². The van der Waals surface area contributed by atoms with Gasteiger partial charge in [0.1, 0.15) is 5.69 Å². The fourth-order valence-corrected chi connectivity index (χ4v) is 2.68. The van der Waals surface area contributed by atoms with Gasteiger partial charge in [0.15, 0.2) is 0 Å². The van der Waals surface area contributed by atoms with E-state index in [-0.39, 0.29) is 23.8 Å². The quantitative estimate of drug-likeness (QED) is 0.847. The molecule has 1 aliphatic carbocycles. The molecule has 1 heterocycles. The number of amides is 1. The molecule has 0 aliphatic heterocycles. The summed E-state index contributed by atoms with van der Waals surface area (Å²) in [6, 6.07) is 3.80. The highest BCUT2D eigenvalue weighted by molar-refractivity contribution is 5.92. The molecule has 1 aromatic rings. The predicted molar refractivity (Wildman–Crippen MR) is 70.6 cm³/mol. The van der Waals surface area contributed by atoms with Gasteiger partial charge in [0, 0.05) is 19.3 Å². The Balaban J connectivity index is 1.91. The minimum Gasteiger partial charge on any atom is -0.469 e. The van der Waals surface area contributed by atoms with E-state index in [2.05, 4.69) is 4.98 Å². The van der Waals surface area contributed by atoms with Crippen molar-refractivity contribution in [3.8, 4) is 0 Å². The topological polar surface area (TPSA) is 62.4 Å². The molecule has 0 bridgehead atoms. The van der Waals surface area contributed by atoms with Crippen LogP contribution in [0.4, 0.5) is 0 Å². The molecule has 1 fully saturated rings. The zero-order valence-corrected chi connectivity index (χ0v) is 11.4. The molecule has 19 heavy (non-hydrogen) atoms. The maximum absolute atomic E-state index is 12.2. The van der Waals surface area contributed by atoms with Gasteiger partial charge >= 0.3 is 5.97 Å². The number of H-pyrrole nitrogens is 1. The Hall–Kier alpha value is -1.78. The number of aromatic nitrogens is 1. The first-order valence-corrected chi connectivity index (χ1v) is 6.62. The second-order valence-electron chi connectivity index (χ2n) is 5.03. The van der Waals surface area contributed by atoms with Crippen LogP contribution < -0.4 is 0 Å². The van der Waals surface area contributed by atoms with Crippen molar-refractivity contribution in [1.29, 1.82) is 0 Å². The number of rotatable bonds is 3. The summed E-state index contributed by atoms with van der Waals surface area (Å²) in [5, 5.41) is 0. The third-order valence-electron chi connectivity index (χ3n) is 3.93. The van der Waals surface area contributed by atoms with Crippen molar-refractivity contribution in [3.63, 3.8) is 0 Å². The second kappa shape index (κ2) is 5.91. The summed E-state index contributed by atoms with van der Waals surface area (Å²) in [7, 11) is 3.25. The van der Waals surface area contributed by atoms with E-state index in [4.69, 9.17) is 4.74 Å². The SMILES string of the molecule is COC(=O)C1CCC(N(C)C(=O)c2ccc[nH]2)CC1. The van der Waals surface area contributed by atoms with Gasteiger partial charge in [-0.15, -0.1) is 0 Å². The number of hydrogen-bond donors (Lipinski definition) is 1. The van der Waals surface area contributed by atoms with Crippen LogP contribution in [0.25, 0.3) is 0 Å². The number of nitrogens with zero attached hydrogens (tertiary/aromatic N) is 1. The maximum atomic E-state index is 12.2. The fourth-order valence-electron chi connectivity index (χ4n) is 2.68. The second-order valence-corrected chi connectivity index (χ2v) is 5.03. The summed E-state index contributed by atoms with van der Waals surface area (Å²) in [5.41, 5.74) is 0.609. The maximum Gasteiger partial charge on any atom is 0.308 e. The molecule has 2 rings (SSSR count). The zero-order chi connectivity index (χ0) is 13.8.